The quantitative estimate of drug-likeness (QED) is 0.0803. The van der Waals surface area contributed by atoms with E-state index in [1.54, 1.807) is 0 Å². The van der Waals surface area contributed by atoms with Crippen LogP contribution in [0, 0.1) is 0 Å². The molecule has 1 aliphatic rings. The molecule has 0 radical (unpaired) electrons. The first-order valence-corrected chi connectivity index (χ1v) is 17.6. The molecule has 1 fully saturated rings. The number of amides is 1. The van der Waals surface area contributed by atoms with Gasteiger partial charge in [0.1, 0.15) is 30.5 Å². The predicted molar refractivity (Wildman–Crippen MR) is 184 cm³/mol. The molecule has 19 heteroatoms. The van der Waals surface area contributed by atoms with Crippen molar-refractivity contribution in [3.63, 3.8) is 0 Å². The highest BCUT2D eigenvalue weighted by Gasteiger charge is 2.51. The molecule has 0 aliphatic carbocycles. The molecule has 5 atom stereocenters. The first-order chi connectivity index (χ1) is 24.2. The summed E-state index contributed by atoms with van der Waals surface area (Å²) in [6.07, 6.45) is -7.78. The number of likely N-dealkylation sites (N-methyl/N-ethyl adjacent to an activating group) is 1. The van der Waals surface area contributed by atoms with Gasteiger partial charge in [-0.1, -0.05) is 24.3 Å². The molecular weight excluding hydrogens is 705 g/mol. The fourth-order valence-corrected chi connectivity index (χ4v) is 6.36. The molecule has 1 aliphatic heterocycles. The Morgan fingerprint density at radius 3 is 1.90 bits per heavy atom. The first-order valence-electron chi connectivity index (χ1n) is 16.1. The van der Waals surface area contributed by atoms with Gasteiger partial charge in [-0.15, -0.1) is 4.73 Å². The van der Waals surface area contributed by atoms with Crippen LogP contribution in [0.25, 0.3) is 0 Å². The molecule has 0 bridgehead atoms. The molecule has 4 rings (SSSR count). The van der Waals surface area contributed by atoms with Crippen LogP contribution in [-0.2, 0) is 30.5 Å². The smallest absolute Gasteiger partial charge is 0.492 e. The molecule has 0 unspecified atom stereocenters. The van der Waals surface area contributed by atoms with Crippen LogP contribution >= 0.6 is 0 Å². The largest absolute Gasteiger partial charge is 0.494 e. The molecule has 2 aromatic carbocycles. The molecular formula is C33H44BN3O14S. The molecule has 284 valence electrons. The number of rotatable bonds is 15. The Morgan fingerprint density at radius 2 is 1.38 bits per heavy atom. The average Bonchev–Trinajstić information content (AvgIpc) is 3.53. The van der Waals surface area contributed by atoms with Gasteiger partial charge in [-0.05, 0) is 69.4 Å². The number of carbonyl (C=O) groups is 2. The summed E-state index contributed by atoms with van der Waals surface area (Å²) in [5.41, 5.74) is -0.337. The van der Waals surface area contributed by atoms with Crippen molar-refractivity contribution >= 4 is 34.5 Å². The number of carbonyl (C=O) groups excluding carboxylic acids is 2. The van der Waals surface area contributed by atoms with E-state index in [0.717, 1.165) is 17.0 Å². The third-order valence-corrected chi connectivity index (χ3v) is 10.6. The van der Waals surface area contributed by atoms with Gasteiger partial charge in [-0.2, -0.15) is 4.72 Å². The van der Waals surface area contributed by atoms with Gasteiger partial charge >= 0.3 is 13.1 Å². The number of aromatic hydroxyl groups is 2. The zero-order chi connectivity index (χ0) is 38.8. The molecule has 3 aromatic rings. The lowest BCUT2D eigenvalue weighted by Gasteiger charge is -2.32. The normalized spacial score (nSPS) is 18.3. The number of nitrogens with one attached hydrogen (secondary N) is 1. The lowest BCUT2D eigenvalue weighted by Crippen LogP contribution is -2.53. The topological polar surface area (TPSA) is 258 Å². The zero-order valence-corrected chi connectivity index (χ0v) is 30.0. The maximum absolute atomic E-state index is 13.7. The monoisotopic (exact) mass is 749 g/mol. The van der Waals surface area contributed by atoms with Crippen LogP contribution in [0.1, 0.15) is 43.6 Å². The fourth-order valence-electron chi connectivity index (χ4n) is 5.17. The number of aromatic nitrogens is 1. The zero-order valence-electron chi connectivity index (χ0n) is 29.1. The Balaban J connectivity index is 1.55. The SMILES string of the molecule is CN(C[C@@H](O)[C@H](O)[C@@H](O)[C@@H](O)CO)C(=O)[C@H](Cc1ccc(C(=O)On2c(O)ccc2O)cc1)NS(=O)(=O)c1ccc(B2OC(C)(C)C(C)(C)O2)cc1. The molecule has 17 nitrogen and oxygen atoms in total. The highest BCUT2D eigenvalue weighted by atomic mass is 32.2. The molecule has 1 saturated heterocycles. The molecule has 8 N–H and O–H groups in total. The number of hydrogen-bond acceptors (Lipinski definition) is 14. The van der Waals surface area contributed by atoms with E-state index in [4.69, 9.17) is 19.3 Å². The van der Waals surface area contributed by atoms with Crippen LogP contribution in [-0.4, -0.2) is 135 Å². The molecule has 2 heterocycles. The average molecular weight is 750 g/mol. The highest BCUT2D eigenvalue weighted by Crippen LogP contribution is 2.36. The second-order valence-corrected chi connectivity index (χ2v) is 15.2. The number of hydrogen-bond donors (Lipinski definition) is 8. The summed E-state index contributed by atoms with van der Waals surface area (Å²) in [7, 11) is -3.92. The summed E-state index contributed by atoms with van der Waals surface area (Å²) in [5.74, 6) is -2.87. The predicted octanol–water partition coefficient (Wildman–Crippen LogP) is -1.75. The van der Waals surface area contributed by atoms with Crippen molar-refractivity contribution in [2.45, 2.75) is 80.7 Å². The van der Waals surface area contributed by atoms with E-state index in [0.29, 0.717) is 15.8 Å². The van der Waals surface area contributed by atoms with E-state index < -0.39 is 95.6 Å². The maximum Gasteiger partial charge on any atom is 0.494 e. The molecule has 52 heavy (non-hydrogen) atoms. The van der Waals surface area contributed by atoms with Crippen molar-refractivity contribution in [3.05, 3.63) is 71.8 Å². The van der Waals surface area contributed by atoms with Crippen LogP contribution in [0.4, 0.5) is 0 Å². The van der Waals surface area contributed by atoms with E-state index in [1.807, 2.05) is 27.7 Å². The number of sulfonamides is 1. The van der Waals surface area contributed by atoms with Gasteiger partial charge < -0.3 is 54.8 Å². The van der Waals surface area contributed by atoms with Crippen LogP contribution < -0.4 is 15.0 Å². The van der Waals surface area contributed by atoms with Crippen LogP contribution in [0.5, 0.6) is 11.8 Å². The van der Waals surface area contributed by atoms with Crippen molar-refractivity contribution < 1.29 is 67.9 Å². The summed E-state index contributed by atoms with van der Waals surface area (Å²) in [6, 6.07) is 11.9. The van der Waals surface area contributed by atoms with Crippen molar-refractivity contribution in [1.29, 1.82) is 0 Å². The van der Waals surface area contributed by atoms with Crippen LogP contribution in [0.15, 0.2) is 65.6 Å². The number of benzene rings is 2. The lowest BCUT2D eigenvalue weighted by atomic mass is 9.79. The Bertz CT molecular complexity index is 1780. The third-order valence-electron chi connectivity index (χ3n) is 9.08. The van der Waals surface area contributed by atoms with Crippen molar-refractivity contribution in [1.82, 2.24) is 14.4 Å². The van der Waals surface area contributed by atoms with Gasteiger partial charge in [-0.3, -0.25) is 4.79 Å². The highest BCUT2D eigenvalue weighted by molar-refractivity contribution is 7.89. The second kappa shape index (κ2) is 15.9. The van der Waals surface area contributed by atoms with Crippen molar-refractivity contribution in [2.75, 3.05) is 20.2 Å². The Hall–Kier alpha value is -4.05. The number of nitrogens with zero attached hydrogens (tertiary/aromatic N) is 2. The van der Waals surface area contributed by atoms with Gasteiger partial charge in [-0.25, -0.2) is 13.2 Å². The van der Waals surface area contributed by atoms with E-state index in [1.165, 1.54) is 55.6 Å². The summed E-state index contributed by atoms with van der Waals surface area (Å²) in [4.78, 5) is 32.0. The number of aliphatic hydroxyl groups excluding tert-OH is 5. The minimum Gasteiger partial charge on any atom is -0.492 e. The summed E-state index contributed by atoms with van der Waals surface area (Å²) in [6.45, 7) is 6.00. The molecule has 0 saturated carbocycles. The molecule has 1 aromatic heterocycles. The van der Waals surface area contributed by atoms with Gasteiger partial charge in [0, 0.05) is 25.7 Å². The molecule has 0 spiro atoms. The molecule has 1 amide bonds. The minimum atomic E-state index is -4.39. The summed E-state index contributed by atoms with van der Waals surface area (Å²) >= 11 is 0. The number of aliphatic hydroxyl groups is 5. The summed E-state index contributed by atoms with van der Waals surface area (Å²) < 4.78 is 42.3. The van der Waals surface area contributed by atoms with Crippen molar-refractivity contribution in [3.8, 4) is 11.8 Å². The van der Waals surface area contributed by atoms with E-state index in [9.17, 15) is 48.6 Å². The van der Waals surface area contributed by atoms with Crippen molar-refractivity contribution in [2.24, 2.45) is 0 Å². The third kappa shape index (κ3) is 9.11. The fraction of sp³-hybridized carbons (Fsp3) is 0.455. The van der Waals surface area contributed by atoms with Crippen LogP contribution in [0.3, 0.4) is 0 Å². The van der Waals surface area contributed by atoms with Gasteiger partial charge in [0.15, 0.2) is 0 Å². The standard InChI is InChI=1S/C33H44BN3O14S/c1-32(2)33(3,4)51-34(50-32)21-10-12-22(13-11-21)52(47,48)35-23(30(45)36(5)17-24(39)28(43)29(44)25(40)18-38)16-19-6-8-20(9-7-19)31(46)49-37-26(41)14-15-27(37)42/h6-15,23-25,28-29,35,38-44H,16-18H2,1-5H3/t23-,24+,25-,28-,29-/m0/s1. The lowest BCUT2D eigenvalue weighted by molar-refractivity contribution is -0.139. The van der Waals surface area contributed by atoms with Crippen LogP contribution in [0.2, 0.25) is 0 Å². The Kier molecular flexibility index (Phi) is 12.5. The van der Waals surface area contributed by atoms with E-state index >= 15 is 0 Å². The van der Waals surface area contributed by atoms with E-state index in [-0.39, 0.29) is 16.9 Å². The summed E-state index contributed by atoms with van der Waals surface area (Å²) in [5, 5.41) is 69.0. The Labute approximate surface area is 300 Å². The van der Waals surface area contributed by atoms with Gasteiger partial charge in [0.2, 0.25) is 27.7 Å². The minimum absolute atomic E-state index is 0.0142. The second-order valence-electron chi connectivity index (χ2n) is 13.5. The van der Waals surface area contributed by atoms with Gasteiger partial charge in [0.25, 0.3) is 0 Å². The Morgan fingerprint density at radius 1 is 0.865 bits per heavy atom. The first kappa shape index (κ1) is 40.7. The van der Waals surface area contributed by atoms with Gasteiger partial charge in [0.05, 0.1) is 28.3 Å². The maximum atomic E-state index is 13.7. The van der Waals surface area contributed by atoms with E-state index in [2.05, 4.69) is 4.72 Å².